The van der Waals surface area contributed by atoms with Crippen molar-refractivity contribution in [3.8, 4) is 0 Å². The lowest BCUT2D eigenvalue weighted by Gasteiger charge is -2.20. The lowest BCUT2D eigenvalue weighted by molar-refractivity contribution is 0.0763. The zero-order chi connectivity index (χ0) is 12.3. The van der Waals surface area contributed by atoms with E-state index < -0.39 is 0 Å². The molecule has 1 amide bonds. The van der Waals surface area contributed by atoms with E-state index in [2.05, 4.69) is 11.9 Å². The van der Waals surface area contributed by atoms with E-state index >= 15 is 0 Å². The number of hydrogen-bond donors (Lipinski definition) is 0. The molecule has 0 spiro atoms. The van der Waals surface area contributed by atoms with Gasteiger partial charge in [-0.3, -0.25) is 4.79 Å². The summed E-state index contributed by atoms with van der Waals surface area (Å²) in [5.74, 6) is -0.308. The van der Waals surface area contributed by atoms with Crippen LogP contribution in [-0.2, 0) is 0 Å². The van der Waals surface area contributed by atoms with Crippen LogP contribution in [0.25, 0.3) is 0 Å². The number of likely N-dealkylation sites (N-methyl/N-ethyl adjacent to an activating group) is 1. The topological polar surface area (TPSA) is 23.6 Å². The third-order valence-electron chi connectivity index (χ3n) is 3.10. The normalized spacial score (nSPS) is 17.9. The van der Waals surface area contributed by atoms with E-state index in [9.17, 15) is 9.18 Å². The van der Waals surface area contributed by atoms with Crippen LogP contribution in [0, 0.1) is 5.82 Å². The molecule has 92 valence electrons. The summed E-state index contributed by atoms with van der Waals surface area (Å²) in [4.78, 5) is 16.2. The molecule has 0 aromatic heterocycles. The van der Waals surface area contributed by atoms with Crippen molar-refractivity contribution in [3.05, 3.63) is 35.6 Å². The Labute approximate surface area is 101 Å². The number of halogens is 1. The van der Waals surface area contributed by atoms with Gasteiger partial charge < -0.3 is 9.80 Å². The van der Waals surface area contributed by atoms with Gasteiger partial charge in [0, 0.05) is 25.2 Å². The second kappa shape index (κ2) is 5.27. The highest BCUT2D eigenvalue weighted by molar-refractivity contribution is 5.94. The Kier molecular flexibility index (Phi) is 3.74. The summed E-state index contributed by atoms with van der Waals surface area (Å²) in [5.41, 5.74) is 0.566. The monoisotopic (exact) mass is 236 g/mol. The zero-order valence-electron chi connectivity index (χ0n) is 10.0. The number of rotatable bonds is 1. The van der Waals surface area contributed by atoms with Gasteiger partial charge >= 0.3 is 0 Å². The van der Waals surface area contributed by atoms with Crippen molar-refractivity contribution in [2.24, 2.45) is 0 Å². The van der Waals surface area contributed by atoms with Gasteiger partial charge in [0.2, 0.25) is 0 Å². The van der Waals surface area contributed by atoms with Crippen LogP contribution in [-0.4, -0.2) is 48.9 Å². The molecule has 4 heteroatoms. The minimum atomic E-state index is -0.308. The molecule has 0 aliphatic carbocycles. The van der Waals surface area contributed by atoms with E-state index in [-0.39, 0.29) is 11.7 Å². The van der Waals surface area contributed by atoms with Crippen molar-refractivity contribution >= 4 is 5.91 Å². The van der Waals surface area contributed by atoms with Crippen molar-refractivity contribution in [1.82, 2.24) is 9.80 Å². The van der Waals surface area contributed by atoms with Crippen molar-refractivity contribution in [2.45, 2.75) is 6.42 Å². The molecule has 0 unspecified atom stereocenters. The molecule has 17 heavy (non-hydrogen) atoms. The zero-order valence-corrected chi connectivity index (χ0v) is 10.0. The summed E-state index contributed by atoms with van der Waals surface area (Å²) in [5, 5.41) is 0. The molecule has 1 saturated heterocycles. The van der Waals surface area contributed by atoms with Crippen molar-refractivity contribution in [1.29, 1.82) is 0 Å². The van der Waals surface area contributed by atoms with Crippen LogP contribution in [0.15, 0.2) is 24.3 Å². The fraction of sp³-hybridized carbons (Fsp3) is 0.462. The third-order valence-corrected chi connectivity index (χ3v) is 3.10. The molecule has 1 aliphatic rings. The Balaban J connectivity index is 2.06. The minimum Gasteiger partial charge on any atom is -0.337 e. The Morgan fingerprint density at radius 2 is 1.82 bits per heavy atom. The maximum absolute atomic E-state index is 12.8. The van der Waals surface area contributed by atoms with Crippen LogP contribution in [0.5, 0.6) is 0 Å². The highest BCUT2D eigenvalue weighted by Gasteiger charge is 2.18. The van der Waals surface area contributed by atoms with Gasteiger partial charge in [-0.05, 0) is 44.3 Å². The maximum atomic E-state index is 12.8. The van der Waals surface area contributed by atoms with E-state index in [1.165, 1.54) is 12.1 Å². The van der Waals surface area contributed by atoms with Crippen molar-refractivity contribution < 1.29 is 9.18 Å². The largest absolute Gasteiger partial charge is 0.337 e. The van der Waals surface area contributed by atoms with Gasteiger partial charge in [-0.2, -0.15) is 0 Å². The summed E-state index contributed by atoms with van der Waals surface area (Å²) in [7, 11) is 2.06. The Morgan fingerprint density at radius 1 is 1.12 bits per heavy atom. The molecule has 0 radical (unpaired) electrons. The summed E-state index contributed by atoms with van der Waals surface area (Å²) >= 11 is 0. The molecule has 3 nitrogen and oxygen atoms in total. The smallest absolute Gasteiger partial charge is 0.253 e. The SMILES string of the molecule is CN1CCCN(C(=O)c2ccc(F)cc2)CC1. The Hall–Kier alpha value is -1.42. The molecule has 1 fully saturated rings. The van der Waals surface area contributed by atoms with E-state index in [1.54, 1.807) is 12.1 Å². The van der Waals surface area contributed by atoms with Crippen LogP contribution < -0.4 is 0 Å². The third kappa shape index (κ3) is 3.03. The van der Waals surface area contributed by atoms with Gasteiger partial charge in [0.1, 0.15) is 5.82 Å². The molecule has 1 heterocycles. The molecule has 1 aromatic carbocycles. The predicted molar refractivity (Wildman–Crippen MR) is 64.4 cm³/mol. The standard InChI is InChI=1S/C13H17FN2O/c1-15-7-2-8-16(10-9-15)13(17)11-3-5-12(14)6-4-11/h3-6H,2,7-10H2,1H3. The Bertz CT molecular complexity index is 391. The first-order chi connectivity index (χ1) is 8.16. The average Bonchev–Trinajstić information content (AvgIpc) is 2.54. The van der Waals surface area contributed by atoms with E-state index in [1.807, 2.05) is 4.90 Å². The molecular weight excluding hydrogens is 219 g/mol. The highest BCUT2D eigenvalue weighted by Crippen LogP contribution is 2.09. The van der Waals surface area contributed by atoms with Crippen LogP contribution >= 0.6 is 0 Å². The van der Waals surface area contributed by atoms with Gasteiger partial charge in [-0.15, -0.1) is 0 Å². The summed E-state index contributed by atoms with van der Waals surface area (Å²) in [6, 6.07) is 5.76. The fourth-order valence-electron chi connectivity index (χ4n) is 2.02. The van der Waals surface area contributed by atoms with E-state index in [0.29, 0.717) is 5.56 Å². The van der Waals surface area contributed by atoms with E-state index in [0.717, 1.165) is 32.6 Å². The van der Waals surface area contributed by atoms with Crippen LogP contribution in [0.4, 0.5) is 4.39 Å². The van der Waals surface area contributed by atoms with Crippen LogP contribution in [0.3, 0.4) is 0 Å². The summed E-state index contributed by atoms with van der Waals surface area (Å²) in [6.45, 7) is 3.44. The first-order valence-electron chi connectivity index (χ1n) is 5.90. The molecular formula is C13H17FN2O. The first-order valence-corrected chi connectivity index (χ1v) is 5.90. The lowest BCUT2D eigenvalue weighted by Crippen LogP contribution is -2.34. The van der Waals surface area contributed by atoms with Gasteiger partial charge in [-0.1, -0.05) is 0 Å². The van der Waals surface area contributed by atoms with Crippen LogP contribution in [0.2, 0.25) is 0 Å². The molecule has 0 N–H and O–H groups in total. The van der Waals surface area contributed by atoms with Gasteiger partial charge in [0.15, 0.2) is 0 Å². The van der Waals surface area contributed by atoms with Gasteiger partial charge in [0.05, 0.1) is 0 Å². The van der Waals surface area contributed by atoms with E-state index in [4.69, 9.17) is 0 Å². The second-order valence-corrected chi connectivity index (χ2v) is 4.46. The number of carbonyl (C=O) groups is 1. The molecule has 2 rings (SSSR count). The number of nitrogens with zero attached hydrogens (tertiary/aromatic N) is 2. The van der Waals surface area contributed by atoms with Crippen LogP contribution in [0.1, 0.15) is 16.8 Å². The summed E-state index contributed by atoms with van der Waals surface area (Å²) < 4.78 is 12.8. The molecule has 0 saturated carbocycles. The molecule has 1 aliphatic heterocycles. The average molecular weight is 236 g/mol. The fourth-order valence-corrected chi connectivity index (χ4v) is 2.02. The minimum absolute atomic E-state index is 0.000278. The van der Waals surface area contributed by atoms with Crippen molar-refractivity contribution in [2.75, 3.05) is 33.2 Å². The first kappa shape index (κ1) is 12.0. The highest BCUT2D eigenvalue weighted by atomic mass is 19.1. The molecule has 0 atom stereocenters. The quantitative estimate of drug-likeness (QED) is 0.739. The number of amides is 1. The summed E-state index contributed by atoms with van der Waals surface area (Å²) in [6.07, 6.45) is 0.990. The van der Waals surface area contributed by atoms with Gasteiger partial charge in [-0.25, -0.2) is 4.39 Å². The maximum Gasteiger partial charge on any atom is 0.253 e. The number of carbonyl (C=O) groups excluding carboxylic acids is 1. The Morgan fingerprint density at radius 3 is 2.53 bits per heavy atom. The predicted octanol–water partition coefficient (Wildman–Crippen LogP) is 1.60. The van der Waals surface area contributed by atoms with Crippen molar-refractivity contribution in [3.63, 3.8) is 0 Å². The molecule has 0 bridgehead atoms. The number of benzene rings is 1. The molecule has 1 aromatic rings. The van der Waals surface area contributed by atoms with Gasteiger partial charge in [0.25, 0.3) is 5.91 Å². The number of hydrogen-bond acceptors (Lipinski definition) is 2. The second-order valence-electron chi connectivity index (χ2n) is 4.46. The lowest BCUT2D eigenvalue weighted by atomic mass is 10.2.